The van der Waals surface area contributed by atoms with Gasteiger partial charge in [0.1, 0.15) is 0 Å². The second-order valence-corrected chi connectivity index (χ2v) is 9.18. The SMILES string of the molecule is CCOc1cc(/C=N\NC(=O)C(=O)NC2CC2)cc(I)c1OCC(=O)Nc1ccc(Cl)cc1Cl. The average Bonchev–Trinajstić information content (AvgIpc) is 3.59. The van der Waals surface area contributed by atoms with Crippen molar-refractivity contribution in [1.82, 2.24) is 10.7 Å². The van der Waals surface area contributed by atoms with E-state index in [1.54, 1.807) is 24.3 Å². The van der Waals surface area contributed by atoms with Gasteiger partial charge in [-0.3, -0.25) is 14.4 Å². The molecule has 0 spiro atoms. The van der Waals surface area contributed by atoms with Crippen molar-refractivity contribution in [2.75, 3.05) is 18.5 Å². The monoisotopic (exact) mass is 618 g/mol. The van der Waals surface area contributed by atoms with Gasteiger partial charge in [0.25, 0.3) is 5.91 Å². The number of anilines is 1. The minimum atomic E-state index is -0.838. The zero-order chi connectivity index (χ0) is 24.7. The second kappa shape index (κ2) is 12.2. The third kappa shape index (κ3) is 7.74. The zero-order valence-corrected chi connectivity index (χ0v) is 21.7. The summed E-state index contributed by atoms with van der Waals surface area (Å²) in [4.78, 5) is 35.8. The summed E-state index contributed by atoms with van der Waals surface area (Å²) in [5.41, 5.74) is 3.21. The molecule has 180 valence electrons. The summed E-state index contributed by atoms with van der Waals surface area (Å²) in [5, 5.41) is 9.84. The fourth-order valence-corrected chi connectivity index (χ4v) is 3.91. The lowest BCUT2D eigenvalue weighted by Crippen LogP contribution is -2.38. The number of halogens is 3. The standard InChI is InChI=1S/C22H21Cl2IN4O5/c1-2-33-18-8-12(10-26-29-22(32)21(31)27-14-4-5-14)7-16(25)20(18)34-11-19(30)28-17-6-3-13(23)9-15(17)24/h3,6-10,14H,2,4-5,11H2,1H3,(H,27,31)(H,28,30)(H,29,32)/b26-10-. The van der Waals surface area contributed by atoms with Gasteiger partial charge in [0.05, 0.1) is 27.1 Å². The maximum Gasteiger partial charge on any atom is 0.329 e. The van der Waals surface area contributed by atoms with Crippen LogP contribution in [-0.4, -0.2) is 43.2 Å². The number of hydrazone groups is 1. The molecule has 0 bridgehead atoms. The molecule has 0 heterocycles. The van der Waals surface area contributed by atoms with E-state index in [1.165, 1.54) is 12.3 Å². The molecule has 9 nitrogen and oxygen atoms in total. The molecule has 2 aromatic rings. The number of hydrogen-bond donors (Lipinski definition) is 3. The number of rotatable bonds is 9. The number of carbonyl (C=O) groups is 3. The maximum atomic E-state index is 12.3. The van der Waals surface area contributed by atoms with E-state index >= 15 is 0 Å². The normalized spacial score (nSPS) is 12.8. The molecule has 1 aliphatic carbocycles. The van der Waals surface area contributed by atoms with Crippen LogP contribution < -0.4 is 25.5 Å². The van der Waals surface area contributed by atoms with Gasteiger partial charge >= 0.3 is 11.8 Å². The Morgan fingerprint density at radius 1 is 1.15 bits per heavy atom. The number of hydrogen-bond acceptors (Lipinski definition) is 6. The summed E-state index contributed by atoms with van der Waals surface area (Å²) in [6.45, 7) is 1.89. The molecular weight excluding hydrogens is 598 g/mol. The minimum absolute atomic E-state index is 0.0790. The molecule has 12 heteroatoms. The lowest BCUT2D eigenvalue weighted by Gasteiger charge is -2.15. The fraction of sp³-hybridized carbons (Fsp3) is 0.273. The maximum absolute atomic E-state index is 12.3. The molecule has 3 rings (SSSR count). The van der Waals surface area contributed by atoms with E-state index in [2.05, 4.69) is 21.2 Å². The molecule has 3 N–H and O–H groups in total. The van der Waals surface area contributed by atoms with Crippen LogP contribution in [0.1, 0.15) is 25.3 Å². The fourth-order valence-electron chi connectivity index (χ4n) is 2.68. The van der Waals surface area contributed by atoms with Crippen LogP contribution in [0.2, 0.25) is 10.0 Å². The first kappa shape index (κ1) is 26.0. The van der Waals surface area contributed by atoms with Crippen molar-refractivity contribution >= 4 is 75.4 Å². The number of nitrogens with one attached hydrogen (secondary N) is 3. The molecule has 0 saturated heterocycles. The third-order valence-corrected chi connectivity index (χ3v) is 5.73. The Hall–Kier alpha value is -2.57. The molecule has 0 atom stereocenters. The molecule has 1 saturated carbocycles. The zero-order valence-electron chi connectivity index (χ0n) is 18.0. The molecule has 34 heavy (non-hydrogen) atoms. The number of amides is 3. The minimum Gasteiger partial charge on any atom is -0.490 e. The molecule has 0 radical (unpaired) electrons. The highest BCUT2D eigenvalue weighted by Crippen LogP contribution is 2.34. The van der Waals surface area contributed by atoms with Gasteiger partial charge in [0.2, 0.25) is 0 Å². The van der Waals surface area contributed by atoms with Gasteiger partial charge in [-0.25, -0.2) is 5.43 Å². The van der Waals surface area contributed by atoms with Gasteiger partial charge in [-0.05, 0) is 78.3 Å². The number of carbonyl (C=O) groups excluding carboxylic acids is 3. The Kier molecular flexibility index (Phi) is 9.36. The van der Waals surface area contributed by atoms with Crippen molar-refractivity contribution in [2.45, 2.75) is 25.8 Å². The Bertz CT molecular complexity index is 1120. The first-order valence-corrected chi connectivity index (χ1v) is 12.1. The van der Waals surface area contributed by atoms with Crippen LogP contribution in [0.3, 0.4) is 0 Å². The van der Waals surface area contributed by atoms with Crippen LogP contribution in [0.5, 0.6) is 11.5 Å². The molecule has 0 aliphatic heterocycles. The highest BCUT2D eigenvalue weighted by atomic mass is 127. The van der Waals surface area contributed by atoms with E-state index in [0.29, 0.717) is 43.0 Å². The molecule has 0 unspecified atom stereocenters. The molecule has 1 fully saturated rings. The topological polar surface area (TPSA) is 118 Å². The first-order valence-electron chi connectivity index (χ1n) is 10.2. The molecule has 0 aromatic heterocycles. The summed E-state index contributed by atoms with van der Waals surface area (Å²) in [5.74, 6) is -1.20. The summed E-state index contributed by atoms with van der Waals surface area (Å²) in [6.07, 6.45) is 3.14. The van der Waals surface area contributed by atoms with Gasteiger partial charge < -0.3 is 20.1 Å². The Balaban J connectivity index is 1.62. The number of ether oxygens (including phenoxy) is 2. The molecule has 1 aliphatic rings. The predicted molar refractivity (Wildman–Crippen MR) is 138 cm³/mol. The molecular formula is C22H21Cl2IN4O5. The number of nitrogens with zero attached hydrogens (tertiary/aromatic N) is 1. The lowest BCUT2D eigenvalue weighted by atomic mass is 10.2. The van der Waals surface area contributed by atoms with E-state index < -0.39 is 17.7 Å². The first-order chi connectivity index (χ1) is 16.3. The van der Waals surface area contributed by atoms with Crippen LogP contribution in [0, 0.1) is 3.57 Å². The van der Waals surface area contributed by atoms with Crippen LogP contribution in [0.4, 0.5) is 5.69 Å². The average molecular weight is 619 g/mol. The van der Waals surface area contributed by atoms with E-state index in [4.69, 9.17) is 32.7 Å². The molecule has 3 amide bonds. The van der Waals surface area contributed by atoms with Crippen molar-refractivity contribution < 1.29 is 23.9 Å². The van der Waals surface area contributed by atoms with Crippen molar-refractivity contribution in [2.24, 2.45) is 5.10 Å². The van der Waals surface area contributed by atoms with Crippen LogP contribution in [-0.2, 0) is 14.4 Å². The van der Waals surface area contributed by atoms with Crippen LogP contribution in [0.25, 0.3) is 0 Å². The highest BCUT2D eigenvalue weighted by Gasteiger charge is 2.26. The van der Waals surface area contributed by atoms with Crippen molar-refractivity contribution in [3.63, 3.8) is 0 Å². The predicted octanol–water partition coefficient (Wildman–Crippen LogP) is 3.74. The summed E-state index contributed by atoms with van der Waals surface area (Å²) >= 11 is 14.0. The summed E-state index contributed by atoms with van der Waals surface area (Å²) < 4.78 is 12.0. The third-order valence-electron chi connectivity index (χ3n) is 4.38. The lowest BCUT2D eigenvalue weighted by molar-refractivity contribution is -0.139. The highest BCUT2D eigenvalue weighted by molar-refractivity contribution is 14.1. The second-order valence-electron chi connectivity index (χ2n) is 7.17. The Morgan fingerprint density at radius 3 is 2.59 bits per heavy atom. The largest absolute Gasteiger partial charge is 0.490 e. The van der Waals surface area contributed by atoms with Gasteiger partial charge in [-0.2, -0.15) is 5.10 Å². The van der Waals surface area contributed by atoms with E-state index in [-0.39, 0.29) is 12.6 Å². The van der Waals surface area contributed by atoms with Crippen LogP contribution in [0.15, 0.2) is 35.4 Å². The van der Waals surface area contributed by atoms with Gasteiger partial charge in [0.15, 0.2) is 18.1 Å². The van der Waals surface area contributed by atoms with E-state index in [0.717, 1.165) is 12.8 Å². The van der Waals surface area contributed by atoms with Gasteiger partial charge in [-0.15, -0.1) is 0 Å². The smallest absolute Gasteiger partial charge is 0.329 e. The Labute approximate surface area is 219 Å². The van der Waals surface area contributed by atoms with Gasteiger partial charge in [0, 0.05) is 11.1 Å². The summed E-state index contributed by atoms with van der Waals surface area (Å²) in [7, 11) is 0. The molecule has 2 aromatic carbocycles. The summed E-state index contributed by atoms with van der Waals surface area (Å²) in [6, 6.07) is 8.19. The van der Waals surface area contributed by atoms with E-state index in [9.17, 15) is 14.4 Å². The van der Waals surface area contributed by atoms with Crippen molar-refractivity contribution in [3.8, 4) is 11.5 Å². The van der Waals surface area contributed by atoms with Crippen LogP contribution >= 0.6 is 45.8 Å². The Morgan fingerprint density at radius 2 is 1.91 bits per heavy atom. The van der Waals surface area contributed by atoms with Crippen molar-refractivity contribution in [3.05, 3.63) is 49.5 Å². The number of benzene rings is 2. The van der Waals surface area contributed by atoms with Crippen molar-refractivity contribution in [1.29, 1.82) is 0 Å². The quantitative estimate of drug-likeness (QED) is 0.171. The van der Waals surface area contributed by atoms with E-state index in [1.807, 2.05) is 29.5 Å². The van der Waals surface area contributed by atoms with Gasteiger partial charge in [-0.1, -0.05) is 23.2 Å².